The normalized spacial score (nSPS) is 18.7. The Labute approximate surface area is 198 Å². The van der Waals surface area contributed by atoms with Gasteiger partial charge in [-0.25, -0.2) is 4.39 Å². The Bertz CT molecular complexity index is 1020. The monoisotopic (exact) mass is 468 g/mol. The van der Waals surface area contributed by atoms with Crippen LogP contribution in [0.2, 0.25) is 0 Å². The topological polar surface area (TPSA) is 91.0 Å². The van der Waals surface area contributed by atoms with E-state index in [9.17, 15) is 18.8 Å². The minimum Gasteiger partial charge on any atom is -0.379 e. The third kappa shape index (κ3) is 5.98. The summed E-state index contributed by atoms with van der Waals surface area (Å²) in [4.78, 5) is 41.9. The molecule has 2 aromatic rings. The molecule has 0 saturated carbocycles. The number of para-hydroxylation sites is 1. The van der Waals surface area contributed by atoms with Crippen molar-refractivity contribution in [3.05, 3.63) is 59.9 Å². The molecule has 0 unspecified atom stereocenters. The van der Waals surface area contributed by atoms with E-state index in [1.165, 1.54) is 29.2 Å². The lowest BCUT2D eigenvalue weighted by atomic mass is 10.1. The molecule has 2 aliphatic rings. The molecule has 2 saturated heterocycles. The molecule has 0 radical (unpaired) electrons. The van der Waals surface area contributed by atoms with Crippen LogP contribution < -0.4 is 15.5 Å². The van der Waals surface area contributed by atoms with Gasteiger partial charge in [-0.05, 0) is 49.4 Å². The second-order valence-corrected chi connectivity index (χ2v) is 8.48. The van der Waals surface area contributed by atoms with Crippen LogP contribution in [0.5, 0.6) is 0 Å². The summed E-state index contributed by atoms with van der Waals surface area (Å²) >= 11 is 0. The average molecular weight is 469 g/mol. The lowest BCUT2D eigenvalue weighted by molar-refractivity contribution is -0.122. The van der Waals surface area contributed by atoms with E-state index >= 15 is 0 Å². The molecule has 2 aliphatic heterocycles. The van der Waals surface area contributed by atoms with Crippen molar-refractivity contribution in [2.75, 3.05) is 56.2 Å². The summed E-state index contributed by atoms with van der Waals surface area (Å²) in [5, 5.41) is 5.74. The molecule has 2 N–H and O–H groups in total. The fourth-order valence-electron chi connectivity index (χ4n) is 4.20. The Morgan fingerprint density at radius 2 is 1.79 bits per heavy atom. The van der Waals surface area contributed by atoms with Gasteiger partial charge < -0.3 is 20.3 Å². The largest absolute Gasteiger partial charge is 0.379 e. The van der Waals surface area contributed by atoms with Crippen molar-refractivity contribution < 1.29 is 23.5 Å². The molecule has 1 atom stereocenters. The van der Waals surface area contributed by atoms with Gasteiger partial charge in [0.2, 0.25) is 11.8 Å². The van der Waals surface area contributed by atoms with Gasteiger partial charge in [0, 0.05) is 38.3 Å². The van der Waals surface area contributed by atoms with Crippen LogP contribution >= 0.6 is 0 Å². The number of carbonyl (C=O) groups is 3. The van der Waals surface area contributed by atoms with Gasteiger partial charge in [0.15, 0.2) is 0 Å². The van der Waals surface area contributed by atoms with Crippen LogP contribution in [0.3, 0.4) is 0 Å². The van der Waals surface area contributed by atoms with Crippen molar-refractivity contribution in [2.24, 2.45) is 5.92 Å². The first-order valence-electron chi connectivity index (χ1n) is 11.6. The highest BCUT2D eigenvalue weighted by Crippen LogP contribution is 2.27. The van der Waals surface area contributed by atoms with Crippen LogP contribution in [0.1, 0.15) is 23.2 Å². The maximum absolute atomic E-state index is 13.2. The van der Waals surface area contributed by atoms with Crippen molar-refractivity contribution >= 4 is 29.1 Å². The first kappa shape index (κ1) is 23.8. The van der Waals surface area contributed by atoms with E-state index in [-0.39, 0.29) is 36.5 Å². The maximum Gasteiger partial charge on any atom is 0.253 e. The summed E-state index contributed by atoms with van der Waals surface area (Å²) in [7, 11) is 0. The van der Waals surface area contributed by atoms with Crippen LogP contribution in [0, 0.1) is 11.7 Å². The summed E-state index contributed by atoms with van der Waals surface area (Å²) in [6, 6.07) is 12.4. The van der Waals surface area contributed by atoms with Gasteiger partial charge in [0.05, 0.1) is 30.4 Å². The Morgan fingerprint density at radius 1 is 1.06 bits per heavy atom. The quantitative estimate of drug-likeness (QED) is 0.580. The first-order valence-corrected chi connectivity index (χ1v) is 11.6. The number of morpholine rings is 1. The summed E-state index contributed by atoms with van der Waals surface area (Å²) in [6.45, 7) is 4.92. The first-order chi connectivity index (χ1) is 16.5. The van der Waals surface area contributed by atoms with Gasteiger partial charge in [-0.3, -0.25) is 19.3 Å². The minimum atomic E-state index is -0.567. The van der Waals surface area contributed by atoms with E-state index in [1.54, 1.807) is 24.3 Å². The SMILES string of the molecule is O=C(NCCCN1CCOCC1)c1ccccc1NC(=O)[C@@H]1CC(=O)N(c2ccc(F)cc2)C1. The zero-order valence-electron chi connectivity index (χ0n) is 19.0. The molecule has 180 valence electrons. The van der Waals surface area contributed by atoms with Crippen molar-refractivity contribution in [1.82, 2.24) is 10.2 Å². The number of nitrogens with one attached hydrogen (secondary N) is 2. The molecule has 0 aliphatic carbocycles. The lowest BCUT2D eigenvalue weighted by Crippen LogP contribution is -2.38. The fraction of sp³-hybridized carbons (Fsp3) is 0.400. The van der Waals surface area contributed by atoms with Crippen molar-refractivity contribution in [1.29, 1.82) is 0 Å². The fourth-order valence-corrected chi connectivity index (χ4v) is 4.20. The lowest BCUT2D eigenvalue weighted by Gasteiger charge is -2.26. The third-order valence-corrected chi connectivity index (χ3v) is 6.10. The standard InChI is InChI=1S/C25H29FN4O4/c26-19-6-8-20(9-7-19)30-17-18(16-23(30)31)24(32)28-22-5-2-1-4-21(22)25(33)27-10-3-11-29-12-14-34-15-13-29/h1-2,4-9,18H,3,10-17H2,(H,27,33)(H,28,32)/t18-/m1/s1. The zero-order valence-corrected chi connectivity index (χ0v) is 19.0. The number of rotatable bonds is 8. The smallest absolute Gasteiger partial charge is 0.253 e. The number of carbonyl (C=O) groups excluding carboxylic acids is 3. The van der Waals surface area contributed by atoms with Gasteiger partial charge in [-0.15, -0.1) is 0 Å². The molecule has 0 aromatic heterocycles. The van der Waals surface area contributed by atoms with Crippen molar-refractivity contribution in [3.8, 4) is 0 Å². The molecule has 2 fully saturated rings. The third-order valence-electron chi connectivity index (χ3n) is 6.10. The molecular formula is C25H29FN4O4. The molecule has 2 heterocycles. The van der Waals surface area contributed by atoms with E-state index in [0.717, 1.165) is 39.3 Å². The Kier molecular flexibility index (Phi) is 7.87. The van der Waals surface area contributed by atoms with Gasteiger partial charge in [-0.2, -0.15) is 0 Å². The van der Waals surface area contributed by atoms with E-state index in [4.69, 9.17) is 4.74 Å². The molecule has 0 bridgehead atoms. The molecule has 2 aromatic carbocycles. The number of halogens is 1. The van der Waals surface area contributed by atoms with Crippen LogP contribution in [0.25, 0.3) is 0 Å². The molecular weight excluding hydrogens is 439 g/mol. The number of anilines is 2. The van der Waals surface area contributed by atoms with E-state index < -0.39 is 5.92 Å². The number of benzene rings is 2. The van der Waals surface area contributed by atoms with Crippen LogP contribution in [-0.2, 0) is 14.3 Å². The van der Waals surface area contributed by atoms with Crippen molar-refractivity contribution in [2.45, 2.75) is 12.8 Å². The number of hydrogen-bond acceptors (Lipinski definition) is 5. The van der Waals surface area contributed by atoms with Crippen LogP contribution in [0.15, 0.2) is 48.5 Å². The molecule has 34 heavy (non-hydrogen) atoms. The highest BCUT2D eigenvalue weighted by atomic mass is 19.1. The highest BCUT2D eigenvalue weighted by molar-refractivity contribution is 6.07. The summed E-state index contributed by atoms with van der Waals surface area (Å²) < 4.78 is 18.5. The molecule has 8 nitrogen and oxygen atoms in total. The minimum absolute atomic E-state index is 0.0547. The van der Waals surface area contributed by atoms with Crippen LogP contribution in [-0.4, -0.2) is 68.6 Å². The maximum atomic E-state index is 13.2. The molecule has 4 rings (SSSR count). The molecule has 3 amide bonds. The summed E-state index contributed by atoms with van der Waals surface area (Å²) in [5.41, 5.74) is 1.34. The Balaban J connectivity index is 1.31. The number of nitrogens with zero attached hydrogens (tertiary/aromatic N) is 2. The highest BCUT2D eigenvalue weighted by Gasteiger charge is 2.35. The summed E-state index contributed by atoms with van der Waals surface area (Å²) in [5.74, 6) is -1.74. The number of amides is 3. The second-order valence-electron chi connectivity index (χ2n) is 8.48. The van der Waals surface area contributed by atoms with Gasteiger partial charge in [0.1, 0.15) is 5.82 Å². The predicted molar refractivity (Wildman–Crippen MR) is 126 cm³/mol. The second kappa shape index (κ2) is 11.2. The van der Waals surface area contributed by atoms with Gasteiger partial charge in [-0.1, -0.05) is 12.1 Å². The van der Waals surface area contributed by atoms with E-state index in [1.807, 2.05) is 0 Å². The Hall–Kier alpha value is -3.30. The molecule has 9 heteroatoms. The van der Waals surface area contributed by atoms with E-state index in [2.05, 4.69) is 15.5 Å². The zero-order chi connectivity index (χ0) is 23.9. The van der Waals surface area contributed by atoms with Crippen LogP contribution in [0.4, 0.5) is 15.8 Å². The average Bonchev–Trinajstić information content (AvgIpc) is 3.25. The number of hydrogen-bond donors (Lipinski definition) is 2. The van der Waals surface area contributed by atoms with E-state index in [0.29, 0.717) is 23.5 Å². The van der Waals surface area contributed by atoms with Crippen molar-refractivity contribution in [3.63, 3.8) is 0 Å². The Morgan fingerprint density at radius 3 is 2.56 bits per heavy atom. The summed E-state index contributed by atoms with van der Waals surface area (Å²) in [6.07, 6.45) is 0.878. The molecule has 0 spiro atoms. The van der Waals surface area contributed by atoms with Gasteiger partial charge >= 0.3 is 0 Å². The number of ether oxygens (including phenoxy) is 1. The predicted octanol–water partition coefficient (Wildman–Crippen LogP) is 2.27. The van der Waals surface area contributed by atoms with Gasteiger partial charge in [0.25, 0.3) is 5.91 Å².